The summed E-state index contributed by atoms with van der Waals surface area (Å²) in [6, 6.07) is 0. The third-order valence-corrected chi connectivity index (χ3v) is 4.26. The van der Waals surface area contributed by atoms with Crippen molar-refractivity contribution in [1.82, 2.24) is 4.90 Å². The van der Waals surface area contributed by atoms with E-state index in [2.05, 4.69) is 27.4 Å². The Kier molecular flexibility index (Phi) is 5.02. The van der Waals surface area contributed by atoms with Gasteiger partial charge >= 0.3 is 6.09 Å². The minimum Gasteiger partial charge on any atom is -0.465 e. The van der Waals surface area contributed by atoms with Crippen molar-refractivity contribution >= 4 is 6.09 Å². The van der Waals surface area contributed by atoms with Crippen LogP contribution in [0.3, 0.4) is 0 Å². The number of carboxylic acid groups (broad SMARTS) is 1. The average molecular weight is 269 g/mol. The number of hydrogen-bond donors (Lipinski definition) is 1. The number of piperidine rings is 1. The zero-order valence-corrected chi connectivity index (χ0v) is 12.7. The maximum absolute atomic E-state index is 11.6. The zero-order chi connectivity index (χ0) is 14.7. The second kappa shape index (κ2) is 5.95. The van der Waals surface area contributed by atoms with Crippen molar-refractivity contribution in [1.29, 1.82) is 0 Å². The number of amides is 1. The summed E-state index contributed by atoms with van der Waals surface area (Å²) >= 11 is 0. The molecule has 1 rings (SSSR count). The minimum absolute atomic E-state index is 0.123. The Hall–Kier alpha value is -1.03. The van der Waals surface area contributed by atoms with Gasteiger partial charge in [0, 0.05) is 13.7 Å². The largest absolute Gasteiger partial charge is 0.465 e. The quantitative estimate of drug-likeness (QED) is 0.794. The van der Waals surface area contributed by atoms with Gasteiger partial charge in [0.1, 0.15) is 0 Å². The monoisotopic (exact) mass is 269 g/mol. The first-order chi connectivity index (χ1) is 8.74. The van der Waals surface area contributed by atoms with Crippen LogP contribution in [0.25, 0.3) is 0 Å². The molecule has 1 fully saturated rings. The van der Waals surface area contributed by atoms with E-state index in [4.69, 9.17) is 4.74 Å². The van der Waals surface area contributed by atoms with E-state index in [9.17, 15) is 9.90 Å². The molecule has 1 heterocycles. The molecule has 0 bridgehead atoms. The van der Waals surface area contributed by atoms with Gasteiger partial charge in [-0.05, 0) is 36.7 Å². The highest BCUT2D eigenvalue weighted by atomic mass is 16.5. The Bertz CT molecular complexity index is 346. The lowest BCUT2D eigenvalue weighted by atomic mass is 9.65. The van der Waals surface area contributed by atoms with E-state index in [1.54, 1.807) is 12.0 Å². The van der Waals surface area contributed by atoms with Crippen molar-refractivity contribution < 1.29 is 14.6 Å². The van der Waals surface area contributed by atoms with Crippen LogP contribution in [0.1, 0.15) is 46.5 Å². The number of likely N-dealkylation sites (tertiary alicyclic amines) is 1. The van der Waals surface area contributed by atoms with Gasteiger partial charge in [-0.1, -0.05) is 27.4 Å². The van der Waals surface area contributed by atoms with Crippen molar-refractivity contribution in [2.24, 2.45) is 5.41 Å². The fraction of sp³-hybridized carbons (Fsp3) is 0.800. The molecule has 0 aromatic carbocycles. The third-order valence-electron chi connectivity index (χ3n) is 4.26. The maximum atomic E-state index is 11.6. The highest BCUT2D eigenvalue weighted by Crippen LogP contribution is 2.46. The molecule has 1 saturated heterocycles. The number of ether oxygens (including phenoxy) is 1. The van der Waals surface area contributed by atoms with Gasteiger partial charge in [0.05, 0.1) is 12.1 Å². The predicted molar refractivity (Wildman–Crippen MR) is 76.4 cm³/mol. The van der Waals surface area contributed by atoms with Gasteiger partial charge < -0.3 is 14.7 Å². The normalized spacial score (nSPS) is 24.3. The lowest BCUT2D eigenvalue weighted by Gasteiger charge is -2.54. The van der Waals surface area contributed by atoms with E-state index < -0.39 is 6.09 Å². The number of rotatable bonds is 4. The maximum Gasteiger partial charge on any atom is 0.407 e. The molecule has 4 nitrogen and oxygen atoms in total. The molecule has 1 amide bonds. The molecule has 0 aliphatic carbocycles. The molecule has 1 atom stereocenters. The summed E-state index contributed by atoms with van der Waals surface area (Å²) in [5.74, 6) is 0. The van der Waals surface area contributed by atoms with Crippen molar-refractivity contribution in [3.05, 3.63) is 12.2 Å². The molecule has 0 unspecified atom stereocenters. The zero-order valence-electron chi connectivity index (χ0n) is 12.7. The van der Waals surface area contributed by atoms with E-state index in [-0.39, 0.29) is 11.0 Å². The fourth-order valence-electron chi connectivity index (χ4n) is 3.21. The van der Waals surface area contributed by atoms with E-state index >= 15 is 0 Å². The number of methoxy groups -OCH3 is 1. The average Bonchev–Trinajstić information content (AvgIpc) is 2.28. The van der Waals surface area contributed by atoms with Crippen LogP contribution in [0.2, 0.25) is 0 Å². The van der Waals surface area contributed by atoms with Gasteiger partial charge in [-0.25, -0.2) is 4.79 Å². The van der Waals surface area contributed by atoms with Crippen LogP contribution < -0.4 is 0 Å². The van der Waals surface area contributed by atoms with Crippen molar-refractivity contribution in [2.75, 3.05) is 20.3 Å². The Balaban J connectivity index is 3.09. The smallest absolute Gasteiger partial charge is 0.407 e. The summed E-state index contributed by atoms with van der Waals surface area (Å²) in [6.07, 6.45) is 2.77. The van der Waals surface area contributed by atoms with Crippen LogP contribution in [0.4, 0.5) is 4.79 Å². The molecule has 0 spiro atoms. The van der Waals surface area contributed by atoms with E-state index in [1.165, 1.54) is 0 Å². The van der Waals surface area contributed by atoms with E-state index in [0.29, 0.717) is 19.6 Å². The number of nitrogens with zero attached hydrogens (tertiary/aromatic N) is 1. The second-order valence-electron chi connectivity index (χ2n) is 6.53. The molecule has 0 saturated carbocycles. The van der Waals surface area contributed by atoms with Crippen molar-refractivity contribution in [3.8, 4) is 0 Å². The Labute approximate surface area is 116 Å². The number of carbonyl (C=O) groups is 1. The predicted octanol–water partition coefficient (Wildman–Crippen LogP) is 3.53. The van der Waals surface area contributed by atoms with Gasteiger partial charge in [-0.3, -0.25) is 0 Å². The first-order valence-electron chi connectivity index (χ1n) is 6.91. The van der Waals surface area contributed by atoms with E-state index in [0.717, 1.165) is 24.8 Å². The van der Waals surface area contributed by atoms with Gasteiger partial charge in [-0.15, -0.1) is 0 Å². The molecule has 19 heavy (non-hydrogen) atoms. The molecule has 110 valence electrons. The molecule has 1 aliphatic rings. The fourth-order valence-corrected chi connectivity index (χ4v) is 3.21. The van der Waals surface area contributed by atoms with Crippen molar-refractivity contribution in [2.45, 2.75) is 52.0 Å². The van der Waals surface area contributed by atoms with Gasteiger partial charge in [0.2, 0.25) is 0 Å². The van der Waals surface area contributed by atoms with Crippen LogP contribution >= 0.6 is 0 Å². The number of hydrogen-bond acceptors (Lipinski definition) is 2. The second-order valence-corrected chi connectivity index (χ2v) is 6.53. The Morgan fingerprint density at radius 2 is 2.05 bits per heavy atom. The van der Waals surface area contributed by atoms with Crippen LogP contribution in [0, 0.1) is 5.41 Å². The minimum atomic E-state index is -0.820. The standard InChI is InChI=1S/C15H27NO3/c1-12(11-19-5)10-15(14(2,3)4)8-6-7-9-16(15)13(17)18/h1,6-11H2,2-5H3,(H,17,18)/t15-/m0/s1. The van der Waals surface area contributed by atoms with Crippen LogP contribution in [0.5, 0.6) is 0 Å². The van der Waals surface area contributed by atoms with Crippen molar-refractivity contribution in [3.63, 3.8) is 0 Å². The van der Waals surface area contributed by atoms with Gasteiger partial charge in [0.25, 0.3) is 0 Å². The van der Waals surface area contributed by atoms with Gasteiger partial charge in [-0.2, -0.15) is 0 Å². The van der Waals surface area contributed by atoms with Crippen LogP contribution in [-0.4, -0.2) is 41.9 Å². The lowest BCUT2D eigenvalue weighted by Crippen LogP contribution is -2.61. The molecule has 0 aromatic heterocycles. The summed E-state index contributed by atoms with van der Waals surface area (Å²) < 4.78 is 5.13. The van der Waals surface area contributed by atoms with E-state index in [1.807, 2.05) is 0 Å². The molecule has 4 heteroatoms. The lowest BCUT2D eigenvalue weighted by molar-refractivity contribution is -0.0261. The first-order valence-corrected chi connectivity index (χ1v) is 6.91. The SMILES string of the molecule is C=C(COC)C[C@]1(C(C)(C)C)CCCCN1C(=O)O. The summed E-state index contributed by atoms with van der Waals surface area (Å²) in [4.78, 5) is 13.3. The highest BCUT2D eigenvalue weighted by molar-refractivity contribution is 5.66. The highest BCUT2D eigenvalue weighted by Gasteiger charge is 2.49. The summed E-state index contributed by atoms with van der Waals surface area (Å²) in [6.45, 7) is 11.5. The Morgan fingerprint density at radius 1 is 1.42 bits per heavy atom. The summed E-state index contributed by atoms with van der Waals surface area (Å²) in [7, 11) is 1.64. The summed E-state index contributed by atoms with van der Waals surface area (Å²) in [5.41, 5.74) is 0.473. The summed E-state index contributed by atoms with van der Waals surface area (Å²) in [5, 5.41) is 9.55. The third kappa shape index (κ3) is 3.30. The molecule has 1 N–H and O–H groups in total. The topological polar surface area (TPSA) is 49.8 Å². The van der Waals surface area contributed by atoms with Crippen LogP contribution in [-0.2, 0) is 4.74 Å². The Morgan fingerprint density at radius 3 is 2.53 bits per heavy atom. The molecule has 0 aromatic rings. The molecular weight excluding hydrogens is 242 g/mol. The molecule has 1 aliphatic heterocycles. The van der Waals surface area contributed by atoms with Gasteiger partial charge in [0.15, 0.2) is 0 Å². The molecule has 0 radical (unpaired) electrons. The first kappa shape index (κ1) is 16.0. The van der Waals surface area contributed by atoms with Crippen LogP contribution in [0.15, 0.2) is 12.2 Å². The molecular formula is C15H27NO3.